The first-order valence-corrected chi connectivity index (χ1v) is 5.06. The summed E-state index contributed by atoms with van der Waals surface area (Å²) in [6.07, 6.45) is 1.65. The molecule has 86 valence electrons. The van der Waals surface area contributed by atoms with Gasteiger partial charge in [0.05, 0.1) is 0 Å². The van der Waals surface area contributed by atoms with E-state index in [1.807, 2.05) is 7.05 Å². The van der Waals surface area contributed by atoms with Crippen molar-refractivity contribution < 1.29 is 0 Å². The number of aromatic amines is 3. The molecule has 0 spiro atoms. The fourth-order valence-electron chi connectivity index (χ4n) is 1.53. The van der Waals surface area contributed by atoms with Crippen LogP contribution in [0.5, 0.6) is 0 Å². The number of nitrogens with zero attached hydrogens (tertiary/aromatic N) is 1. The van der Waals surface area contributed by atoms with Crippen molar-refractivity contribution in [1.82, 2.24) is 25.3 Å². The monoisotopic (exact) mass is 223 g/mol. The van der Waals surface area contributed by atoms with Gasteiger partial charge < -0.3 is 10.3 Å². The van der Waals surface area contributed by atoms with Crippen molar-refractivity contribution in [3.63, 3.8) is 0 Å². The van der Waals surface area contributed by atoms with Gasteiger partial charge in [-0.25, -0.2) is 9.78 Å². The van der Waals surface area contributed by atoms with Gasteiger partial charge in [-0.1, -0.05) is 0 Å². The van der Waals surface area contributed by atoms with Gasteiger partial charge in [0, 0.05) is 6.42 Å². The van der Waals surface area contributed by atoms with Crippen LogP contribution in [0.2, 0.25) is 0 Å². The first-order valence-electron chi connectivity index (χ1n) is 5.06. The second-order valence-electron chi connectivity index (χ2n) is 3.52. The van der Waals surface area contributed by atoms with E-state index in [0.717, 1.165) is 19.4 Å². The number of hydrogen-bond acceptors (Lipinski definition) is 4. The number of hydrogen-bond donors (Lipinski definition) is 4. The number of imidazole rings is 1. The molecule has 7 heteroatoms. The zero-order valence-corrected chi connectivity index (χ0v) is 8.89. The summed E-state index contributed by atoms with van der Waals surface area (Å²) < 4.78 is 0. The Morgan fingerprint density at radius 2 is 2.06 bits per heavy atom. The molecule has 0 amide bonds. The van der Waals surface area contributed by atoms with Gasteiger partial charge in [0.2, 0.25) is 0 Å². The number of aromatic nitrogens is 4. The van der Waals surface area contributed by atoms with Crippen molar-refractivity contribution in [3.05, 3.63) is 26.7 Å². The van der Waals surface area contributed by atoms with E-state index >= 15 is 0 Å². The van der Waals surface area contributed by atoms with Gasteiger partial charge in [0.15, 0.2) is 5.65 Å². The number of rotatable bonds is 4. The molecule has 4 N–H and O–H groups in total. The summed E-state index contributed by atoms with van der Waals surface area (Å²) in [4.78, 5) is 34.0. The highest BCUT2D eigenvalue weighted by atomic mass is 16.2. The third-order valence-corrected chi connectivity index (χ3v) is 2.28. The van der Waals surface area contributed by atoms with Crippen LogP contribution in [-0.4, -0.2) is 33.5 Å². The van der Waals surface area contributed by atoms with E-state index in [2.05, 4.69) is 25.3 Å². The molecule has 0 saturated carbocycles. The molecular formula is C9H13N5O2. The normalized spacial score (nSPS) is 11.1. The first-order chi connectivity index (χ1) is 7.70. The Morgan fingerprint density at radius 3 is 2.81 bits per heavy atom. The van der Waals surface area contributed by atoms with Crippen molar-refractivity contribution in [2.24, 2.45) is 0 Å². The molecule has 16 heavy (non-hydrogen) atoms. The molecule has 0 radical (unpaired) electrons. The quantitative estimate of drug-likeness (QED) is 0.503. The minimum atomic E-state index is -0.536. The van der Waals surface area contributed by atoms with Crippen molar-refractivity contribution in [2.75, 3.05) is 13.6 Å². The minimum absolute atomic E-state index is 0.313. The molecule has 0 atom stereocenters. The lowest BCUT2D eigenvalue weighted by Crippen LogP contribution is -2.21. The van der Waals surface area contributed by atoms with Crippen molar-refractivity contribution in [1.29, 1.82) is 0 Å². The smallest absolute Gasteiger partial charge is 0.327 e. The fourth-order valence-corrected chi connectivity index (χ4v) is 1.53. The summed E-state index contributed by atoms with van der Waals surface area (Å²) in [6, 6.07) is 0. The standard InChI is InChI=1S/C9H13N5O2/c1-10-4-2-3-5-11-6-7(12-5)13-9(16)14-8(6)15/h10H,2-4H2,1H3,(H3,11,12,13,14,15,16). The number of H-pyrrole nitrogens is 3. The average molecular weight is 223 g/mol. The number of nitrogens with one attached hydrogen (secondary N) is 4. The molecule has 0 aromatic carbocycles. The Balaban J connectivity index is 2.33. The summed E-state index contributed by atoms with van der Waals surface area (Å²) in [7, 11) is 1.88. The van der Waals surface area contributed by atoms with E-state index in [1.54, 1.807) is 0 Å². The Kier molecular flexibility index (Phi) is 2.86. The third kappa shape index (κ3) is 2.03. The number of fused-ring (bicyclic) bond motifs is 1. The summed E-state index contributed by atoms with van der Waals surface area (Å²) in [5.74, 6) is 0.706. The molecule has 0 bridgehead atoms. The van der Waals surface area contributed by atoms with Crippen LogP contribution in [-0.2, 0) is 6.42 Å². The molecule has 2 rings (SSSR count). The van der Waals surface area contributed by atoms with Gasteiger partial charge in [0.25, 0.3) is 5.56 Å². The second-order valence-corrected chi connectivity index (χ2v) is 3.52. The molecule has 0 saturated heterocycles. The zero-order valence-electron chi connectivity index (χ0n) is 8.89. The molecule has 0 aliphatic carbocycles. The fraction of sp³-hybridized carbons (Fsp3) is 0.444. The predicted octanol–water partition coefficient (Wildman–Crippen LogP) is -0.908. The molecule has 2 heterocycles. The lowest BCUT2D eigenvalue weighted by atomic mass is 10.3. The van der Waals surface area contributed by atoms with Crippen molar-refractivity contribution in [3.8, 4) is 0 Å². The molecule has 0 fully saturated rings. The molecule has 2 aromatic rings. The molecular weight excluding hydrogens is 210 g/mol. The topological polar surface area (TPSA) is 106 Å². The lowest BCUT2D eigenvalue weighted by Gasteiger charge is -1.95. The third-order valence-electron chi connectivity index (χ3n) is 2.28. The highest BCUT2D eigenvalue weighted by Crippen LogP contribution is 2.03. The maximum atomic E-state index is 11.4. The lowest BCUT2D eigenvalue weighted by molar-refractivity contribution is 0.708. The first kappa shape index (κ1) is 10.6. The Morgan fingerprint density at radius 1 is 1.25 bits per heavy atom. The van der Waals surface area contributed by atoms with E-state index in [1.165, 1.54) is 0 Å². The molecule has 0 aliphatic heterocycles. The van der Waals surface area contributed by atoms with E-state index in [-0.39, 0.29) is 0 Å². The summed E-state index contributed by atoms with van der Waals surface area (Å²) in [5.41, 5.74) is -0.343. The molecule has 2 aromatic heterocycles. The SMILES string of the molecule is CNCCCc1nc2[nH]c(=O)[nH]c(=O)c2[nH]1. The Bertz CT molecular complexity index is 594. The maximum Gasteiger partial charge on any atom is 0.327 e. The van der Waals surface area contributed by atoms with Crippen LogP contribution < -0.4 is 16.6 Å². The van der Waals surface area contributed by atoms with Gasteiger partial charge >= 0.3 is 5.69 Å². The van der Waals surface area contributed by atoms with Crippen LogP contribution in [0, 0.1) is 0 Å². The van der Waals surface area contributed by atoms with Crippen LogP contribution >= 0.6 is 0 Å². The van der Waals surface area contributed by atoms with Crippen molar-refractivity contribution >= 4 is 11.2 Å². The van der Waals surface area contributed by atoms with E-state index < -0.39 is 11.2 Å². The summed E-state index contributed by atoms with van der Waals surface area (Å²) in [6.45, 7) is 0.879. The van der Waals surface area contributed by atoms with Gasteiger partial charge in [-0.2, -0.15) is 0 Å². The van der Waals surface area contributed by atoms with E-state index in [9.17, 15) is 9.59 Å². The van der Waals surface area contributed by atoms with Crippen LogP contribution in [0.1, 0.15) is 12.2 Å². The molecule has 0 unspecified atom stereocenters. The molecule has 7 nitrogen and oxygen atoms in total. The van der Waals surface area contributed by atoms with Crippen molar-refractivity contribution in [2.45, 2.75) is 12.8 Å². The average Bonchev–Trinajstić information content (AvgIpc) is 2.61. The minimum Gasteiger partial charge on any atom is -0.336 e. The Labute approximate surface area is 90.3 Å². The van der Waals surface area contributed by atoms with E-state index in [4.69, 9.17) is 0 Å². The van der Waals surface area contributed by atoms with Crippen LogP contribution in [0.25, 0.3) is 11.2 Å². The van der Waals surface area contributed by atoms with Crippen LogP contribution in [0.3, 0.4) is 0 Å². The van der Waals surface area contributed by atoms with Gasteiger partial charge in [0.1, 0.15) is 11.3 Å². The van der Waals surface area contributed by atoms with Gasteiger partial charge in [-0.05, 0) is 20.0 Å². The predicted molar refractivity (Wildman–Crippen MR) is 59.6 cm³/mol. The largest absolute Gasteiger partial charge is 0.336 e. The Hall–Kier alpha value is -1.89. The van der Waals surface area contributed by atoms with E-state index in [0.29, 0.717) is 17.0 Å². The number of aryl methyl sites for hydroxylation is 1. The zero-order chi connectivity index (χ0) is 11.5. The van der Waals surface area contributed by atoms with Crippen LogP contribution in [0.4, 0.5) is 0 Å². The molecule has 0 aliphatic rings. The summed E-state index contributed by atoms with van der Waals surface area (Å²) in [5, 5.41) is 3.02. The van der Waals surface area contributed by atoms with Gasteiger partial charge in [-0.15, -0.1) is 0 Å². The van der Waals surface area contributed by atoms with Gasteiger partial charge in [-0.3, -0.25) is 14.8 Å². The highest BCUT2D eigenvalue weighted by Gasteiger charge is 2.06. The maximum absolute atomic E-state index is 11.4. The summed E-state index contributed by atoms with van der Waals surface area (Å²) >= 11 is 0. The second kappa shape index (κ2) is 4.31. The highest BCUT2D eigenvalue weighted by molar-refractivity contribution is 5.68. The van der Waals surface area contributed by atoms with Crippen LogP contribution in [0.15, 0.2) is 9.59 Å².